The zero-order valence-electron chi connectivity index (χ0n) is 15.7. The number of hydrogen-bond donors (Lipinski definition) is 1. The Bertz CT molecular complexity index is 862. The van der Waals surface area contributed by atoms with Gasteiger partial charge in [-0.2, -0.15) is 0 Å². The maximum Gasteiger partial charge on any atom is 0.338 e. The summed E-state index contributed by atoms with van der Waals surface area (Å²) in [6, 6.07) is 7.83. The van der Waals surface area contributed by atoms with Gasteiger partial charge in [0.1, 0.15) is 6.54 Å². The van der Waals surface area contributed by atoms with E-state index in [1.165, 1.54) is 22.4 Å². The van der Waals surface area contributed by atoms with Crippen molar-refractivity contribution in [3.05, 3.63) is 51.9 Å². The Kier molecular flexibility index (Phi) is 7.60. The van der Waals surface area contributed by atoms with Crippen molar-refractivity contribution >= 4 is 29.3 Å². The van der Waals surface area contributed by atoms with E-state index >= 15 is 0 Å². The lowest BCUT2D eigenvalue weighted by molar-refractivity contribution is -0.116. The Labute approximate surface area is 162 Å². The lowest BCUT2D eigenvalue weighted by Crippen LogP contribution is -2.29. The van der Waals surface area contributed by atoms with E-state index in [0.717, 1.165) is 12.8 Å². The Morgan fingerprint density at radius 3 is 2.59 bits per heavy atom. The van der Waals surface area contributed by atoms with Crippen LogP contribution in [-0.2, 0) is 16.1 Å². The molecule has 0 radical (unpaired) electrons. The van der Waals surface area contributed by atoms with E-state index in [4.69, 9.17) is 4.74 Å². The molecule has 0 fully saturated rings. The van der Waals surface area contributed by atoms with E-state index in [1.807, 2.05) is 6.92 Å². The molecule has 0 aliphatic heterocycles. The molecule has 0 unspecified atom stereocenters. The first-order valence-electron chi connectivity index (χ1n) is 8.64. The van der Waals surface area contributed by atoms with Crippen LogP contribution in [0.1, 0.15) is 35.8 Å². The van der Waals surface area contributed by atoms with Crippen LogP contribution in [0.3, 0.4) is 0 Å². The minimum atomic E-state index is -0.386. The van der Waals surface area contributed by atoms with Gasteiger partial charge in [-0.15, -0.1) is 0 Å². The average molecular weight is 389 g/mol. The van der Waals surface area contributed by atoms with Crippen molar-refractivity contribution in [2.75, 3.05) is 18.2 Å². The van der Waals surface area contributed by atoms with Crippen molar-refractivity contribution in [3.63, 3.8) is 0 Å². The second-order valence-electron chi connectivity index (χ2n) is 5.92. The summed E-state index contributed by atoms with van der Waals surface area (Å²) in [6.07, 6.45) is 3.58. The van der Waals surface area contributed by atoms with Crippen LogP contribution < -0.4 is 10.9 Å². The quantitative estimate of drug-likeness (QED) is 0.323. The van der Waals surface area contributed by atoms with Crippen LogP contribution in [0, 0.1) is 6.92 Å². The predicted octanol–water partition coefficient (Wildman–Crippen LogP) is 2.87. The highest BCUT2D eigenvalue weighted by molar-refractivity contribution is 7.98. The third-order valence-electron chi connectivity index (χ3n) is 3.72. The second-order valence-corrected chi connectivity index (χ2v) is 6.70. The SMILES string of the molecule is CCCCOC(=O)c1ccc(NC(=O)Cn2c(SC)nc(C)cc2=O)cc1. The van der Waals surface area contributed by atoms with Gasteiger partial charge in [0.25, 0.3) is 5.56 Å². The minimum Gasteiger partial charge on any atom is -0.462 e. The summed E-state index contributed by atoms with van der Waals surface area (Å²) in [4.78, 5) is 40.5. The second kappa shape index (κ2) is 9.91. The van der Waals surface area contributed by atoms with Gasteiger partial charge in [0, 0.05) is 17.4 Å². The molecule has 0 saturated heterocycles. The molecule has 7 nitrogen and oxygen atoms in total. The minimum absolute atomic E-state index is 0.136. The third kappa shape index (κ3) is 5.96. The Hall–Kier alpha value is -2.61. The van der Waals surface area contributed by atoms with Crippen molar-refractivity contribution in [2.24, 2.45) is 0 Å². The summed E-state index contributed by atoms with van der Waals surface area (Å²) in [6.45, 7) is 4.02. The zero-order valence-corrected chi connectivity index (χ0v) is 16.5. The summed E-state index contributed by atoms with van der Waals surface area (Å²) < 4.78 is 6.47. The van der Waals surface area contributed by atoms with Gasteiger partial charge in [-0.25, -0.2) is 9.78 Å². The molecule has 0 saturated carbocycles. The molecule has 27 heavy (non-hydrogen) atoms. The van der Waals surface area contributed by atoms with E-state index in [9.17, 15) is 14.4 Å². The maximum atomic E-state index is 12.3. The number of carbonyl (C=O) groups excluding carboxylic acids is 2. The van der Waals surface area contributed by atoms with Crippen molar-refractivity contribution in [2.45, 2.75) is 38.4 Å². The van der Waals surface area contributed by atoms with Crippen molar-refractivity contribution in [1.29, 1.82) is 0 Å². The average Bonchev–Trinajstić information content (AvgIpc) is 2.64. The largest absolute Gasteiger partial charge is 0.462 e. The van der Waals surface area contributed by atoms with Gasteiger partial charge in [0.2, 0.25) is 5.91 Å². The molecule has 2 rings (SSSR count). The van der Waals surface area contributed by atoms with Crippen LogP contribution in [-0.4, -0.2) is 34.3 Å². The number of aryl methyl sites for hydroxylation is 1. The van der Waals surface area contributed by atoms with E-state index in [0.29, 0.717) is 28.7 Å². The molecule has 1 heterocycles. The van der Waals surface area contributed by atoms with E-state index in [2.05, 4.69) is 10.3 Å². The van der Waals surface area contributed by atoms with Gasteiger partial charge in [-0.1, -0.05) is 25.1 Å². The first-order valence-corrected chi connectivity index (χ1v) is 9.86. The number of nitrogens with one attached hydrogen (secondary N) is 1. The molecule has 1 N–H and O–H groups in total. The van der Waals surface area contributed by atoms with Crippen LogP contribution >= 0.6 is 11.8 Å². The monoisotopic (exact) mass is 389 g/mol. The van der Waals surface area contributed by atoms with Gasteiger partial charge in [-0.3, -0.25) is 14.2 Å². The number of anilines is 1. The Morgan fingerprint density at radius 1 is 1.26 bits per heavy atom. The maximum absolute atomic E-state index is 12.3. The molecule has 0 aliphatic rings. The van der Waals surface area contributed by atoms with Gasteiger partial charge >= 0.3 is 5.97 Å². The first-order chi connectivity index (χ1) is 12.9. The molecular formula is C19H23N3O4S. The molecule has 0 atom stereocenters. The number of ether oxygens (including phenoxy) is 1. The van der Waals surface area contributed by atoms with Crippen LogP contribution in [0.2, 0.25) is 0 Å². The van der Waals surface area contributed by atoms with Crippen LogP contribution in [0.25, 0.3) is 0 Å². The smallest absolute Gasteiger partial charge is 0.338 e. The highest BCUT2D eigenvalue weighted by Gasteiger charge is 2.12. The summed E-state index contributed by atoms with van der Waals surface area (Å²) >= 11 is 1.31. The fourth-order valence-electron chi connectivity index (χ4n) is 2.32. The Morgan fingerprint density at radius 2 is 1.96 bits per heavy atom. The molecule has 2 aromatic rings. The zero-order chi connectivity index (χ0) is 19.8. The lowest BCUT2D eigenvalue weighted by atomic mass is 10.2. The van der Waals surface area contributed by atoms with Crippen LogP contribution in [0.5, 0.6) is 0 Å². The molecule has 0 spiro atoms. The fraction of sp³-hybridized carbons (Fsp3) is 0.368. The molecular weight excluding hydrogens is 366 g/mol. The number of thioether (sulfide) groups is 1. The van der Waals surface area contributed by atoms with E-state index in [1.54, 1.807) is 37.4 Å². The fourth-order valence-corrected chi connectivity index (χ4v) is 2.93. The number of carbonyl (C=O) groups is 2. The van der Waals surface area contributed by atoms with Crippen molar-refractivity contribution < 1.29 is 14.3 Å². The molecule has 1 aromatic heterocycles. The molecule has 1 aromatic carbocycles. The van der Waals surface area contributed by atoms with Gasteiger partial charge < -0.3 is 10.1 Å². The standard InChI is InChI=1S/C19H23N3O4S/c1-4-5-10-26-18(25)14-6-8-15(9-7-14)21-16(23)12-22-17(24)11-13(2)20-19(22)27-3/h6-9,11H,4-5,10,12H2,1-3H3,(H,21,23). The topological polar surface area (TPSA) is 90.3 Å². The van der Waals surface area contributed by atoms with Crippen molar-refractivity contribution in [3.8, 4) is 0 Å². The predicted molar refractivity (Wildman–Crippen MR) is 105 cm³/mol. The summed E-state index contributed by atoms with van der Waals surface area (Å²) in [5, 5.41) is 3.20. The van der Waals surface area contributed by atoms with Gasteiger partial charge in [-0.05, 0) is 43.9 Å². The van der Waals surface area contributed by atoms with Crippen LogP contribution in [0.15, 0.2) is 40.3 Å². The first kappa shape index (κ1) is 20.7. The molecule has 0 aliphatic carbocycles. The highest BCUT2D eigenvalue weighted by atomic mass is 32.2. The summed E-state index contributed by atoms with van der Waals surface area (Å²) in [7, 11) is 0. The molecule has 8 heteroatoms. The van der Waals surface area contributed by atoms with E-state index < -0.39 is 0 Å². The Balaban J connectivity index is 2.01. The number of unbranched alkanes of at least 4 members (excludes halogenated alkanes) is 1. The molecule has 0 bridgehead atoms. The van der Waals surface area contributed by atoms with Crippen LogP contribution in [0.4, 0.5) is 5.69 Å². The normalized spacial score (nSPS) is 10.5. The summed E-state index contributed by atoms with van der Waals surface area (Å²) in [5.41, 5.74) is 1.30. The number of amides is 1. The van der Waals surface area contributed by atoms with Gasteiger partial charge in [0.05, 0.1) is 12.2 Å². The van der Waals surface area contributed by atoms with E-state index in [-0.39, 0.29) is 24.0 Å². The molecule has 144 valence electrons. The number of hydrogen-bond acceptors (Lipinski definition) is 6. The third-order valence-corrected chi connectivity index (χ3v) is 4.40. The number of benzene rings is 1. The van der Waals surface area contributed by atoms with Gasteiger partial charge in [0.15, 0.2) is 5.16 Å². The number of rotatable bonds is 8. The molecule has 1 amide bonds. The number of esters is 1. The number of nitrogens with zero attached hydrogens (tertiary/aromatic N) is 2. The van der Waals surface area contributed by atoms with Crippen molar-refractivity contribution in [1.82, 2.24) is 9.55 Å². The lowest BCUT2D eigenvalue weighted by Gasteiger charge is -2.11. The summed E-state index contributed by atoms with van der Waals surface area (Å²) in [5.74, 6) is -0.737. The number of aromatic nitrogens is 2. The highest BCUT2D eigenvalue weighted by Crippen LogP contribution is 2.13.